The third kappa shape index (κ3) is 3.45. The zero-order chi connectivity index (χ0) is 26.8. The van der Waals surface area contributed by atoms with Crippen LogP contribution < -0.4 is 33.9 Å². The van der Waals surface area contributed by atoms with Gasteiger partial charge in [-0.3, -0.25) is 10.2 Å². The number of methoxy groups -OCH3 is 3. The number of benzene rings is 2. The van der Waals surface area contributed by atoms with Crippen molar-refractivity contribution < 1.29 is 28.5 Å². The smallest absolute Gasteiger partial charge is 0.328 e. The number of amides is 2. The monoisotopic (exact) mass is 519 g/mol. The summed E-state index contributed by atoms with van der Waals surface area (Å²) in [7, 11) is 4.73. The van der Waals surface area contributed by atoms with Crippen molar-refractivity contribution in [3.8, 4) is 28.7 Å². The molecule has 1 fully saturated rings. The van der Waals surface area contributed by atoms with Crippen LogP contribution in [0.15, 0.2) is 41.5 Å². The van der Waals surface area contributed by atoms with Gasteiger partial charge >= 0.3 is 6.03 Å². The molecule has 1 N–H and O–H groups in total. The number of aromatic nitrogens is 2. The number of hydrogen-bond acceptors (Lipinski definition) is 8. The largest absolute Gasteiger partial charge is 0.497 e. The second kappa shape index (κ2) is 8.57. The fourth-order valence-electron chi connectivity index (χ4n) is 5.37. The second-order valence-electron chi connectivity index (χ2n) is 10.2. The number of urea groups is 1. The molecule has 4 heterocycles. The Morgan fingerprint density at radius 1 is 1.03 bits per heavy atom. The minimum absolute atomic E-state index is 0.0717. The molecule has 0 saturated carbocycles. The standard InChI is InChI=1S/C27H29N5O6/c1-27(2,3)32-25-17(12-28-32)19(16-11-18-22(38-13-37-18)23(36-6)21(16)35-5)20-24(29-25)30-26(33)31(20)14-8-7-9-15(10-14)34-4/h7-12,19-20H,13H2,1-6H3,(H,29,30,33). The van der Waals surface area contributed by atoms with E-state index in [1.165, 1.54) is 0 Å². The number of amidine groups is 1. The predicted octanol–water partition coefficient (Wildman–Crippen LogP) is 4.17. The zero-order valence-corrected chi connectivity index (χ0v) is 22.1. The highest BCUT2D eigenvalue weighted by molar-refractivity contribution is 6.18. The van der Waals surface area contributed by atoms with Crippen LogP contribution in [0.2, 0.25) is 0 Å². The third-order valence-electron chi connectivity index (χ3n) is 6.97. The molecule has 0 spiro atoms. The topological polar surface area (TPSA) is 109 Å². The van der Waals surface area contributed by atoms with Gasteiger partial charge in [0.25, 0.3) is 0 Å². The number of nitrogens with zero attached hydrogens (tertiary/aromatic N) is 4. The summed E-state index contributed by atoms with van der Waals surface area (Å²) >= 11 is 0. The molecule has 198 valence electrons. The van der Waals surface area contributed by atoms with Gasteiger partial charge in [0.2, 0.25) is 18.3 Å². The number of carbonyl (C=O) groups is 1. The van der Waals surface area contributed by atoms with Gasteiger partial charge in [0.05, 0.1) is 33.1 Å². The first kappa shape index (κ1) is 24.0. The molecular formula is C27H29N5O6. The minimum Gasteiger partial charge on any atom is -0.497 e. The summed E-state index contributed by atoms with van der Waals surface area (Å²) in [6.45, 7) is 6.24. The van der Waals surface area contributed by atoms with E-state index in [4.69, 9.17) is 33.8 Å². The lowest BCUT2D eigenvalue weighted by Crippen LogP contribution is -2.42. The summed E-state index contributed by atoms with van der Waals surface area (Å²) in [5.74, 6) is 3.32. The first-order valence-electron chi connectivity index (χ1n) is 12.2. The van der Waals surface area contributed by atoms with Crippen molar-refractivity contribution in [2.45, 2.75) is 38.3 Å². The van der Waals surface area contributed by atoms with Crippen molar-refractivity contribution >= 4 is 23.4 Å². The lowest BCUT2D eigenvalue weighted by atomic mass is 9.82. The van der Waals surface area contributed by atoms with Gasteiger partial charge in [-0.25, -0.2) is 14.5 Å². The highest BCUT2D eigenvalue weighted by Gasteiger charge is 2.50. The van der Waals surface area contributed by atoms with Gasteiger partial charge in [0.15, 0.2) is 17.3 Å². The van der Waals surface area contributed by atoms with Crippen molar-refractivity contribution in [3.63, 3.8) is 0 Å². The van der Waals surface area contributed by atoms with Crippen molar-refractivity contribution in [2.75, 3.05) is 33.0 Å². The molecule has 3 aliphatic heterocycles. The van der Waals surface area contributed by atoms with Crippen LogP contribution in [0.25, 0.3) is 0 Å². The molecule has 11 nitrogen and oxygen atoms in total. The van der Waals surface area contributed by atoms with Crippen LogP contribution in [0.5, 0.6) is 28.7 Å². The molecule has 6 rings (SSSR count). The maximum Gasteiger partial charge on any atom is 0.328 e. The van der Waals surface area contributed by atoms with Gasteiger partial charge in [-0.15, -0.1) is 0 Å². The molecule has 1 aromatic heterocycles. The van der Waals surface area contributed by atoms with Crippen LogP contribution in [0.4, 0.5) is 16.3 Å². The van der Waals surface area contributed by atoms with Crippen molar-refractivity contribution in [3.05, 3.63) is 47.7 Å². The summed E-state index contributed by atoms with van der Waals surface area (Å²) in [4.78, 5) is 20.1. The first-order chi connectivity index (χ1) is 18.3. The van der Waals surface area contributed by atoms with E-state index >= 15 is 0 Å². The molecule has 2 amide bonds. The molecule has 11 heteroatoms. The molecule has 0 bridgehead atoms. The van der Waals surface area contributed by atoms with E-state index in [1.54, 1.807) is 26.2 Å². The molecule has 3 aromatic rings. The van der Waals surface area contributed by atoms with E-state index in [0.717, 1.165) is 11.1 Å². The molecule has 0 aliphatic carbocycles. The van der Waals surface area contributed by atoms with E-state index in [0.29, 0.717) is 46.1 Å². The van der Waals surface area contributed by atoms with Crippen LogP contribution in [0.3, 0.4) is 0 Å². The van der Waals surface area contributed by atoms with Gasteiger partial charge in [0, 0.05) is 28.8 Å². The number of ether oxygens (including phenoxy) is 5. The summed E-state index contributed by atoms with van der Waals surface area (Å²) < 4.78 is 30.4. The summed E-state index contributed by atoms with van der Waals surface area (Å²) in [6, 6.07) is 8.45. The predicted molar refractivity (Wildman–Crippen MR) is 140 cm³/mol. The van der Waals surface area contributed by atoms with E-state index in [-0.39, 0.29) is 18.4 Å². The number of nitrogens with one attached hydrogen (secondary N) is 1. The average molecular weight is 520 g/mol. The normalized spacial score (nSPS) is 19.5. The average Bonchev–Trinajstić information content (AvgIpc) is 3.62. The highest BCUT2D eigenvalue weighted by Crippen LogP contribution is 2.55. The maximum atomic E-state index is 13.5. The van der Waals surface area contributed by atoms with Crippen LogP contribution in [-0.2, 0) is 5.54 Å². The number of aliphatic imine (C=N–C) groups is 1. The first-order valence-corrected chi connectivity index (χ1v) is 12.2. The Labute approximate surface area is 219 Å². The number of rotatable bonds is 5. The van der Waals surface area contributed by atoms with E-state index < -0.39 is 12.0 Å². The quantitative estimate of drug-likeness (QED) is 0.539. The maximum absolute atomic E-state index is 13.5. The van der Waals surface area contributed by atoms with Gasteiger partial charge in [-0.05, 0) is 39.0 Å². The fraction of sp³-hybridized carbons (Fsp3) is 0.370. The van der Waals surface area contributed by atoms with Crippen LogP contribution >= 0.6 is 0 Å². The fourth-order valence-corrected chi connectivity index (χ4v) is 5.37. The molecule has 2 unspecified atom stereocenters. The molecule has 1 saturated heterocycles. The lowest BCUT2D eigenvalue weighted by Gasteiger charge is -2.34. The highest BCUT2D eigenvalue weighted by atomic mass is 16.7. The molecule has 2 aromatic carbocycles. The molecule has 38 heavy (non-hydrogen) atoms. The minimum atomic E-state index is -0.529. The Morgan fingerprint density at radius 3 is 2.53 bits per heavy atom. The summed E-state index contributed by atoms with van der Waals surface area (Å²) in [6.07, 6.45) is 1.81. The Balaban J connectivity index is 1.62. The van der Waals surface area contributed by atoms with Crippen LogP contribution in [0.1, 0.15) is 37.8 Å². The zero-order valence-electron chi connectivity index (χ0n) is 22.1. The molecule has 2 atom stereocenters. The van der Waals surface area contributed by atoms with Gasteiger partial charge in [-0.2, -0.15) is 5.10 Å². The number of hydrogen-bond donors (Lipinski definition) is 1. The Morgan fingerprint density at radius 2 is 1.82 bits per heavy atom. The number of fused-ring (bicyclic) bond motifs is 3. The van der Waals surface area contributed by atoms with Gasteiger partial charge in [-0.1, -0.05) is 6.07 Å². The number of anilines is 1. The summed E-state index contributed by atoms with van der Waals surface area (Å²) in [5.41, 5.74) is 1.92. The lowest BCUT2D eigenvalue weighted by molar-refractivity contribution is 0.170. The second-order valence-corrected chi connectivity index (χ2v) is 10.2. The van der Waals surface area contributed by atoms with E-state index in [9.17, 15) is 4.79 Å². The van der Waals surface area contributed by atoms with Crippen molar-refractivity contribution in [1.29, 1.82) is 0 Å². The Hall–Kier alpha value is -4.41. The number of carbonyl (C=O) groups excluding carboxylic acids is 1. The Bertz CT molecular complexity index is 1470. The van der Waals surface area contributed by atoms with Crippen molar-refractivity contribution in [1.82, 2.24) is 15.1 Å². The van der Waals surface area contributed by atoms with E-state index in [1.807, 2.05) is 41.2 Å². The van der Waals surface area contributed by atoms with Crippen molar-refractivity contribution in [2.24, 2.45) is 4.99 Å². The molecular weight excluding hydrogens is 490 g/mol. The SMILES string of the molecule is COc1cccc(N2C(=O)NC3=Nc4c(cnn4C(C)(C)C)C(c4cc5c(c(OC)c4OC)OCO5)C32)c1. The van der Waals surface area contributed by atoms with Gasteiger partial charge < -0.3 is 23.7 Å². The van der Waals surface area contributed by atoms with Crippen LogP contribution in [-0.4, -0.2) is 55.8 Å². The third-order valence-corrected chi connectivity index (χ3v) is 6.97. The van der Waals surface area contributed by atoms with E-state index in [2.05, 4.69) is 26.1 Å². The Kier molecular flexibility index (Phi) is 5.41. The summed E-state index contributed by atoms with van der Waals surface area (Å²) in [5, 5.41) is 7.71. The molecule has 0 radical (unpaired) electrons. The van der Waals surface area contributed by atoms with Crippen LogP contribution in [0, 0.1) is 0 Å². The molecule has 3 aliphatic rings. The van der Waals surface area contributed by atoms with Gasteiger partial charge in [0.1, 0.15) is 17.6 Å².